The van der Waals surface area contributed by atoms with Crippen LogP contribution in [0.2, 0.25) is 0 Å². The molecule has 1 nitrogen and oxygen atoms in total. The minimum absolute atomic E-state index is 0.134. The van der Waals surface area contributed by atoms with E-state index in [-0.39, 0.29) is 17.3 Å². The largest absolute Gasteiger partial charge is 0.317 e. The Balaban J connectivity index is 4.38. The second-order valence-corrected chi connectivity index (χ2v) is 4.84. The van der Waals surface area contributed by atoms with Gasteiger partial charge < -0.3 is 0 Å². The van der Waals surface area contributed by atoms with Crippen LogP contribution in [0.25, 0.3) is 0 Å². The van der Waals surface area contributed by atoms with Crippen LogP contribution in [0.15, 0.2) is 0 Å². The fourth-order valence-electron chi connectivity index (χ4n) is 1.09. The highest BCUT2D eigenvalue weighted by molar-refractivity contribution is 8.13. The van der Waals surface area contributed by atoms with Crippen molar-refractivity contribution in [1.82, 2.24) is 0 Å². The highest BCUT2D eigenvalue weighted by atomic mass is 32.2. The molecule has 3 unspecified atom stereocenters. The van der Waals surface area contributed by atoms with Crippen LogP contribution in [-0.4, -0.2) is 41.7 Å². The Morgan fingerprint density at radius 1 is 1.11 bits per heavy atom. The lowest BCUT2D eigenvalue weighted by atomic mass is 10.0. The molecule has 3 atom stereocenters. The van der Waals surface area contributed by atoms with Crippen molar-refractivity contribution in [1.29, 1.82) is 0 Å². The summed E-state index contributed by atoms with van der Waals surface area (Å²) >= 11 is 0.615. The molecule has 0 aromatic carbocycles. The second kappa shape index (κ2) is 7.96. The van der Waals surface area contributed by atoms with Crippen molar-refractivity contribution in [3.05, 3.63) is 0 Å². The Morgan fingerprint density at radius 2 is 1.63 bits per heavy atom. The molecule has 0 aromatic rings. The van der Waals surface area contributed by atoms with Crippen LogP contribution in [0.3, 0.4) is 0 Å². The third kappa shape index (κ3) is 5.58. The van der Waals surface area contributed by atoms with Crippen LogP contribution in [0.1, 0.15) is 19.8 Å². The lowest BCUT2D eigenvalue weighted by Gasteiger charge is -2.25. The molecule has 114 valence electrons. The molecule has 0 rings (SSSR count). The van der Waals surface area contributed by atoms with Gasteiger partial charge in [-0.3, -0.25) is 4.79 Å². The standard InChI is InChI=1S/C10H13F7OS/c1-2-6(18)19-4-3-5(11)7(12)10(16,17)8(13)9(14)15/h5,7-9H,2-4H2,1H3. The first-order valence-electron chi connectivity index (χ1n) is 5.38. The molecule has 0 fully saturated rings. The summed E-state index contributed by atoms with van der Waals surface area (Å²) in [7, 11) is 0. The Labute approximate surface area is 109 Å². The average Bonchev–Trinajstić information content (AvgIpc) is 2.35. The highest BCUT2D eigenvalue weighted by Crippen LogP contribution is 2.35. The van der Waals surface area contributed by atoms with Gasteiger partial charge in [0.05, 0.1) is 0 Å². The van der Waals surface area contributed by atoms with Crippen molar-refractivity contribution < 1.29 is 35.5 Å². The molecular weight excluding hydrogens is 301 g/mol. The van der Waals surface area contributed by atoms with Gasteiger partial charge in [-0.2, -0.15) is 8.78 Å². The molecule has 0 spiro atoms. The molecule has 19 heavy (non-hydrogen) atoms. The Bertz CT molecular complexity index is 287. The van der Waals surface area contributed by atoms with Gasteiger partial charge in [-0.05, 0) is 6.42 Å². The van der Waals surface area contributed by atoms with Gasteiger partial charge in [0.25, 0.3) is 6.43 Å². The number of hydrogen-bond donors (Lipinski definition) is 0. The first-order chi connectivity index (χ1) is 8.64. The molecule has 0 bridgehead atoms. The van der Waals surface area contributed by atoms with Crippen molar-refractivity contribution in [2.24, 2.45) is 0 Å². The first kappa shape index (κ1) is 18.5. The summed E-state index contributed by atoms with van der Waals surface area (Å²) in [6.07, 6.45) is -15.3. The van der Waals surface area contributed by atoms with Crippen molar-refractivity contribution in [2.45, 2.75) is 50.6 Å². The van der Waals surface area contributed by atoms with Crippen LogP contribution in [0.4, 0.5) is 30.7 Å². The molecule has 0 radical (unpaired) electrons. The number of carbonyl (C=O) groups is 1. The topological polar surface area (TPSA) is 17.1 Å². The maximum Gasteiger partial charge on any atom is 0.317 e. The smallest absolute Gasteiger partial charge is 0.287 e. The van der Waals surface area contributed by atoms with Crippen LogP contribution in [-0.2, 0) is 4.79 Å². The van der Waals surface area contributed by atoms with Crippen LogP contribution < -0.4 is 0 Å². The SMILES string of the molecule is CCC(=O)SCCC(F)C(F)C(F)(F)C(F)C(F)F. The normalized spacial score (nSPS) is 17.3. The minimum atomic E-state index is -5.10. The summed E-state index contributed by atoms with van der Waals surface area (Å²) in [5.41, 5.74) is 0. The number of thioether (sulfide) groups is 1. The Kier molecular flexibility index (Phi) is 7.76. The molecular formula is C10H13F7OS. The van der Waals surface area contributed by atoms with Gasteiger partial charge >= 0.3 is 5.92 Å². The van der Waals surface area contributed by atoms with Crippen molar-refractivity contribution in [3.8, 4) is 0 Å². The van der Waals surface area contributed by atoms with Gasteiger partial charge in [-0.25, -0.2) is 22.0 Å². The molecule has 0 aliphatic heterocycles. The zero-order chi connectivity index (χ0) is 15.2. The van der Waals surface area contributed by atoms with E-state index >= 15 is 0 Å². The maximum absolute atomic E-state index is 13.1. The first-order valence-corrected chi connectivity index (χ1v) is 6.36. The molecule has 0 heterocycles. The molecule has 0 amide bonds. The lowest BCUT2D eigenvalue weighted by molar-refractivity contribution is -0.179. The number of rotatable bonds is 8. The highest BCUT2D eigenvalue weighted by Gasteiger charge is 2.55. The molecule has 0 N–H and O–H groups in total. The summed E-state index contributed by atoms with van der Waals surface area (Å²) in [5, 5.41) is -0.342. The third-order valence-electron chi connectivity index (χ3n) is 2.22. The summed E-state index contributed by atoms with van der Waals surface area (Å²) in [4.78, 5) is 10.8. The number of halogens is 7. The minimum Gasteiger partial charge on any atom is -0.287 e. The molecule has 9 heteroatoms. The second-order valence-electron chi connectivity index (χ2n) is 3.69. The van der Waals surface area contributed by atoms with E-state index in [0.717, 1.165) is 0 Å². The Morgan fingerprint density at radius 3 is 2.05 bits per heavy atom. The summed E-state index contributed by atoms with van der Waals surface area (Å²) in [6, 6.07) is 0. The van der Waals surface area contributed by atoms with Gasteiger partial charge in [-0.15, -0.1) is 0 Å². The van der Waals surface area contributed by atoms with Crippen molar-refractivity contribution in [2.75, 3.05) is 5.75 Å². The third-order valence-corrected chi connectivity index (χ3v) is 3.27. The van der Waals surface area contributed by atoms with E-state index in [1.807, 2.05) is 0 Å². The van der Waals surface area contributed by atoms with E-state index in [1.54, 1.807) is 0 Å². The van der Waals surface area contributed by atoms with E-state index < -0.39 is 37.3 Å². The van der Waals surface area contributed by atoms with Crippen LogP contribution in [0.5, 0.6) is 0 Å². The Hall–Kier alpha value is -0.470. The van der Waals surface area contributed by atoms with E-state index in [0.29, 0.717) is 11.8 Å². The van der Waals surface area contributed by atoms with Gasteiger partial charge in [0, 0.05) is 12.2 Å². The quantitative estimate of drug-likeness (QED) is 0.631. The zero-order valence-electron chi connectivity index (χ0n) is 9.89. The number of alkyl halides is 7. The van der Waals surface area contributed by atoms with Crippen molar-refractivity contribution >= 4 is 16.9 Å². The van der Waals surface area contributed by atoms with Crippen LogP contribution in [0, 0.1) is 0 Å². The predicted octanol–water partition coefficient (Wildman–Crippen LogP) is 3.96. The lowest BCUT2D eigenvalue weighted by Crippen LogP contribution is -2.48. The fraction of sp³-hybridized carbons (Fsp3) is 0.900. The van der Waals surface area contributed by atoms with E-state index in [2.05, 4.69) is 0 Å². The monoisotopic (exact) mass is 314 g/mol. The van der Waals surface area contributed by atoms with Gasteiger partial charge in [-0.1, -0.05) is 18.7 Å². The van der Waals surface area contributed by atoms with Crippen molar-refractivity contribution in [3.63, 3.8) is 0 Å². The summed E-state index contributed by atoms with van der Waals surface area (Å²) < 4.78 is 87.7. The van der Waals surface area contributed by atoms with E-state index in [1.165, 1.54) is 6.92 Å². The molecule has 0 saturated heterocycles. The van der Waals surface area contributed by atoms with Gasteiger partial charge in [0.2, 0.25) is 6.17 Å². The van der Waals surface area contributed by atoms with Gasteiger partial charge in [0.15, 0.2) is 11.3 Å². The van der Waals surface area contributed by atoms with E-state index in [4.69, 9.17) is 0 Å². The van der Waals surface area contributed by atoms with Crippen LogP contribution >= 0.6 is 11.8 Å². The van der Waals surface area contributed by atoms with Gasteiger partial charge in [0.1, 0.15) is 6.17 Å². The molecule has 0 saturated carbocycles. The van der Waals surface area contributed by atoms with E-state index in [9.17, 15) is 35.5 Å². The number of carbonyl (C=O) groups excluding carboxylic acids is 1. The molecule has 0 aliphatic carbocycles. The predicted molar refractivity (Wildman–Crippen MR) is 58.0 cm³/mol. The zero-order valence-corrected chi connectivity index (χ0v) is 10.7. The molecule has 0 aromatic heterocycles. The fourth-order valence-corrected chi connectivity index (χ4v) is 1.87. The summed E-state index contributed by atoms with van der Waals surface area (Å²) in [6.45, 7) is 1.52. The average molecular weight is 314 g/mol. The number of hydrogen-bond acceptors (Lipinski definition) is 2. The molecule has 0 aliphatic rings. The summed E-state index contributed by atoms with van der Waals surface area (Å²) in [5.74, 6) is -5.39. The maximum atomic E-state index is 13.1.